The minimum absolute atomic E-state index is 0.194. The molecule has 0 saturated carbocycles. The second-order valence-electron chi connectivity index (χ2n) is 8.13. The van der Waals surface area contributed by atoms with Gasteiger partial charge in [0.2, 0.25) is 0 Å². The molecule has 1 unspecified atom stereocenters. The van der Waals surface area contributed by atoms with Crippen molar-refractivity contribution in [1.82, 2.24) is 3.80 Å². The van der Waals surface area contributed by atoms with Crippen molar-refractivity contribution < 1.29 is 14.3 Å². The van der Waals surface area contributed by atoms with Gasteiger partial charge < -0.3 is 0 Å². The molecule has 0 fully saturated rings. The van der Waals surface area contributed by atoms with Crippen LogP contribution in [0.15, 0.2) is 20.6 Å². The third-order valence-electron chi connectivity index (χ3n) is 4.28. The number of nitrogens with one attached hydrogen (secondary N) is 1. The fourth-order valence-corrected chi connectivity index (χ4v) is 17.1. The van der Waals surface area contributed by atoms with E-state index in [0.717, 1.165) is 0 Å². The van der Waals surface area contributed by atoms with E-state index in [1.165, 1.54) is 5.57 Å². The third-order valence-corrected chi connectivity index (χ3v) is 13.0. The predicted molar refractivity (Wildman–Crippen MR) is 83.4 cm³/mol. The number of hydrogen-bond donors (Lipinski definition) is 1. The van der Waals surface area contributed by atoms with Crippen LogP contribution in [0, 0.1) is 5.92 Å². The summed E-state index contributed by atoms with van der Waals surface area (Å²) in [6.45, 7) is 16.2. The van der Waals surface area contributed by atoms with Crippen molar-refractivity contribution in [1.29, 1.82) is 0 Å². The second kappa shape index (κ2) is 4.44. The Balaban J connectivity index is 3.36. The molecule has 3 heteroatoms. The zero-order valence-corrected chi connectivity index (χ0v) is 16.8. The topological polar surface area (TPSA) is 12.0 Å². The molecule has 0 aromatic carbocycles. The maximum atomic E-state index is 4.04. The van der Waals surface area contributed by atoms with Gasteiger partial charge in [0.05, 0.1) is 0 Å². The van der Waals surface area contributed by atoms with E-state index in [-0.39, 0.29) is 5.54 Å². The van der Waals surface area contributed by atoms with Crippen molar-refractivity contribution in [3.8, 4) is 0 Å². The molecule has 1 rings (SSSR count). The molecule has 1 atom stereocenters. The molecule has 1 N–H and O–H groups in total. The van der Waals surface area contributed by atoms with Gasteiger partial charge in [-0.3, -0.25) is 0 Å². The van der Waals surface area contributed by atoms with Crippen LogP contribution < -0.4 is 3.80 Å². The average molecular weight is 301 g/mol. The number of allylic oxidation sites excluding steroid dienone is 4. The molecule has 0 aromatic heterocycles. The van der Waals surface area contributed by atoms with Crippen molar-refractivity contribution in [3.05, 3.63) is 20.6 Å². The first-order chi connectivity index (χ1) is 7.75. The molecule has 0 amide bonds. The van der Waals surface area contributed by atoms with E-state index in [9.17, 15) is 0 Å². The SMILES string of the molecule is CC1=C(C)C(C)[C]([Ti]([CH3])([CH3])(=[SiH2])[NH]C(C)(C)C)=C1C. The summed E-state index contributed by atoms with van der Waals surface area (Å²) in [5.41, 5.74) is 4.86. The predicted octanol–water partition coefficient (Wildman–Crippen LogP) is 3.88. The molecule has 1 nitrogen and oxygen atoms in total. The van der Waals surface area contributed by atoms with Crippen molar-refractivity contribution in [2.24, 2.45) is 5.92 Å². The van der Waals surface area contributed by atoms with Crippen LogP contribution in [0.25, 0.3) is 0 Å². The first-order valence-corrected chi connectivity index (χ1v) is 15.7. The van der Waals surface area contributed by atoms with E-state index in [1.807, 2.05) is 0 Å². The summed E-state index contributed by atoms with van der Waals surface area (Å²) in [5.74, 6) is 0.629. The molecule has 104 valence electrons. The van der Waals surface area contributed by atoms with Crippen molar-refractivity contribution >= 4 is 7.63 Å². The summed E-state index contributed by atoms with van der Waals surface area (Å²) in [6, 6.07) is 0. The minimum atomic E-state index is -2.74. The van der Waals surface area contributed by atoms with Crippen molar-refractivity contribution in [2.75, 3.05) is 0 Å². The van der Waals surface area contributed by atoms with Gasteiger partial charge in [0, 0.05) is 0 Å². The Hall–Kier alpha value is 0.371. The molecule has 0 aliphatic heterocycles. The standard InChI is InChI=1S/C9H13.C4H10N.2CH3.H2Si.Ti/c1-6-5-7(2)9(4)8(6)3;1-4(2,3)5;;;;/h6H,1-4H3;5H,1-3H3;2*1H3;1H2;/q;-1;;;;+1. The van der Waals surface area contributed by atoms with Crippen LogP contribution in [-0.4, -0.2) is 13.2 Å². The molecule has 18 heavy (non-hydrogen) atoms. The summed E-state index contributed by atoms with van der Waals surface area (Å²) in [7, 11) is 2.27. The van der Waals surface area contributed by atoms with Crippen LogP contribution in [0.5, 0.6) is 0 Å². The van der Waals surface area contributed by atoms with Gasteiger partial charge >= 0.3 is 117 Å². The van der Waals surface area contributed by atoms with Crippen LogP contribution >= 0.6 is 0 Å². The van der Waals surface area contributed by atoms with Gasteiger partial charge in [-0.2, -0.15) is 0 Å². The van der Waals surface area contributed by atoms with E-state index >= 15 is 0 Å². The molecule has 0 heterocycles. The van der Waals surface area contributed by atoms with Crippen molar-refractivity contribution in [2.45, 2.75) is 64.5 Å². The molecular formula is C15H31NSiTi. The average Bonchev–Trinajstić information content (AvgIpc) is 2.25. The molecule has 1 aliphatic rings. The summed E-state index contributed by atoms with van der Waals surface area (Å²) in [4.78, 5) is 0. The Kier molecular flexibility index (Phi) is 4.05. The van der Waals surface area contributed by atoms with Gasteiger partial charge in [-0.05, 0) is 0 Å². The summed E-state index contributed by atoms with van der Waals surface area (Å²) >= 11 is -2.74. The molecule has 0 saturated heterocycles. The number of hydrogen-bond acceptors (Lipinski definition) is 1. The Morgan fingerprint density at radius 1 is 1.06 bits per heavy atom. The van der Waals surface area contributed by atoms with E-state index in [2.05, 4.69) is 70.4 Å². The zero-order chi connectivity index (χ0) is 14.5. The van der Waals surface area contributed by atoms with E-state index in [0.29, 0.717) is 5.92 Å². The summed E-state index contributed by atoms with van der Waals surface area (Å²) < 4.78 is 5.78. The van der Waals surface area contributed by atoms with E-state index in [4.69, 9.17) is 0 Å². The summed E-state index contributed by atoms with van der Waals surface area (Å²) in [5, 5.41) is 5.06. The Labute approximate surface area is 116 Å². The Morgan fingerprint density at radius 2 is 1.50 bits per heavy atom. The van der Waals surface area contributed by atoms with Gasteiger partial charge in [0.25, 0.3) is 0 Å². The normalized spacial score (nSPS) is 23.1. The third kappa shape index (κ3) is 3.09. The van der Waals surface area contributed by atoms with Crippen LogP contribution in [-0.2, 0) is 14.3 Å². The Morgan fingerprint density at radius 3 is 1.78 bits per heavy atom. The molecule has 0 radical (unpaired) electrons. The van der Waals surface area contributed by atoms with E-state index in [1.54, 1.807) is 15.0 Å². The molecule has 1 aliphatic carbocycles. The first kappa shape index (κ1) is 16.4. The van der Waals surface area contributed by atoms with Gasteiger partial charge in [-0.1, -0.05) is 0 Å². The van der Waals surface area contributed by atoms with E-state index < -0.39 is 14.3 Å². The maximum absolute atomic E-state index is 4.04. The molecule has 0 bridgehead atoms. The molecule has 0 aromatic rings. The van der Waals surface area contributed by atoms with Crippen LogP contribution in [0.3, 0.4) is 0 Å². The summed E-state index contributed by atoms with van der Waals surface area (Å²) in [6.07, 6.45) is 0. The zero-order valence-electron chi connectivity index (χ0n) is 13.8. The van der Waals surface area contributed by atoms with Crippen LogP contribution in [0.4, 0.5) is 0 Å². The second-order valence-corrected chi connectivity index (χ2v) is 26.5. The van der Waals surface area contributed by atoms with Gasteiger partial charge in [-0.25, -0.2) is 0 Å². The van der Waals surface area contributed by atoms with Gasteiger partial charge in [-0.15, -0.1) is 0 Å². The van der Waals surface area contributed by atoms with Crippen LogP contribution in [0.2, 0.25) is 10.5 Å². The first-order valence-electron chi connectivity index (χ1n) is 7.01. The fraction of sp³-hybridized carbons (Fsp3) is 0.733. The monoisotopic (exact) mass is 301 g/mol. The van der Waals surface area contributed by atoms with Gasteiger partial charge in [0.1, 0.15) is 0 Å². The van der Waals surface area contributed by atoms with Gasteiger partial charge in [0.15, 0.2) is 0 Å². The van der Waals surface area contributed by atoms with Crippen molar-refractivity contribution in [3.63, 3.8) is 0 Å². The Bertz CT molecular complexity index is 497. The number of rotatable bonds is 2. The quantitative estimate of drug-likeness (QED) is 0.763. The molecule has 0 spiro atoms. The fourth-order valence-electron chi connectivity index (χ4n) is 3.93. The molecular weight excluding hydrogens is 270 g/mol. The van der Waals surface area contributed by atoms with Crippen LogP contribution in [0.1, 0.15) is 48.5 Å².